The van der Waals surface area contributed by atoms with Crippen molar-refractivity contribution in [2.75, 3.05) is 18.7 Å². The number of rotatable bonds is 6. The minimum atomic E-state index is -0.755. The van der Waals surface area contributed by atoms with Crippen molar-refractivity contribution in [3.8, 4) is 0 Å². The van der Waals surface area contributed by atoms with E-state index in [0.717, 1.165) is 24.2 Å². The van der Waals surface area contributed by atoms with Crippen LogP contribution < -0.4 is 5.01 Å². The largest absolute Gasteiger partial charge is 0.462 e. The van der Waals surface area contributed by atoms with Gasteiger partial charge in [-0.3, -0.25) is 4.79 Å². The summed E-state index contributed by atoms with van der Waals surface area (Å²) in [5.41, 5.74) is 1.79. The van der Waals surface area contributed by atoms with Crippen molar-refractivity contribution in [1.29, 1.82) is 0 Å². The molecule has 144 valence electrons. The molecule has 0 N–H and O–H groups in total. The highest BCUT2D eigenvalue weighted by Crippen LogP contribution is 2.59. The number of hydrazone groups is 1. The van der Waals surface area contributed by atoms with Crippen LogP contribution in [0.25, 0.3) is 0 Å². The minimum absolute atomic E-state index is 0.0894. The highest BCUT2D eigenvalue weighted by molar-refractivity contribution is 8.28. The lowest BCUT2D eigenvalue weighted by Crippen LogP contribution is -2.47. The first kappa shape index (κ1) is 19.8. The van der Waals surface area contributed by atoms with Gasteiger partial charge in [0.2, 0.25) is 4.33 Å². The van der Waals surface area contributed by atoms with E-state index < -0.39 is 4.33 Å². The van der Waals surface area contributed by atoms with Crippen LogP contribution in [0.4, 0.5) is 5.69 Å². The van der Waals surface area contributed by atoms with Crippen LogP contribution in [-0.4, -0.2) is 39.7 Å². The number of Topliss-reactive ketones (excluding diaryl/α,β-unsaturated/α-hetero) is 1. The Labute approximate surface area is 168 Å². The van der Waals surface area contributed by atoms with E-state index in [0.29, 0.717) is 16.6 Å². The molecule has 1 atom stereocenters. The molecule has 8 heteroatoms. The summed E-state index contributed by atoms with van der Waals surface area (Å²) in [4.78, 5) is 27.4. The second kappa shape index (κ2) is 7.98. The number of anilines is 1. The van der Waals surface area contributed by atoms with Crippen LogP contribution in [0, 0.1) is 0 Å². The van der Waals surface area contributed by atoms with E-state index in [9.17, 15) is 9.59 Å². The number of hydrogen-bond donors (Lipinski definition) is 0. The predicted octanol–water partition coefficient (Wildman–Crippen LogP) is 4.01. The van der Waals surface area contributed by atoms with Gasteiger partial charge in [0.25, 0.3) is 0 Å². The van der Waals surface area contributed by atoms with E-state index in [1.807, 2.05) is 42.4 Å². The fourth-order valence-electron chi connectivity index (χ4n) is 3.01. The standard InChI is InChI=1S/C19H23N3O3S2/c1-5-10-15-16(18(24)25-6-2)26-19(21(15)4)22(14-11-8-7-9-12-14)20-17(27-19)13(3)23/h7-9,11-12H,5-6,10H2,1-4H3/t19-/m1/s1. The zero-order chi connectivity index (χ0) is 19.6. The number of hydrogen-bond acceptors (Lipinski definition) is 8. The molecule has 0 saturated heterocycles. The van der Waals surface area contributed by atoms with Crippen molar-refractivity contribution in [1.82, 2.24) is 4.90 Å². The number of thioether (sulfide) groups is 2. The Bertz CT molecular complexity index is 810. The normalized spacial score (nSPS) is 21.9. The zero-order valence-corrected chi connectivity index (χ0v) is 17.5. The fourth-order valence-corrected chi connectivity index (χ4v) is 5.90. The van der Waals surface area contributed by atoms with Gasteiger partial charge in [0.15, 0.2) is 10.8 Å². The molecule has 0 unspecified atom stereocenters. The summed E-state index contributed by atoms with van der Waals surface area (Å²) in [5.74, 6) is -0.409. The average Bonchev–Trinajstić information content (AvgIpc) is 3.17. The molecule has 0 aromatic heterocycles. The molecule has 1 aromatic carbocycles. The van der Waals surface area contributed by atoms with Crippen molar-refractivity contribution in [3.05, 3.63) is 40.9 Å². The Hall–Kier alpha value is -1.93. The average molecular weight is 406 g/mol. The summed E-state index contributed by atoms with van der Waals surface area (Å²) in [6.07, 6.45) is 1.65. The van der Waals surface area contributed by atoms with Gasteiger partial charge in [-0.25, -0.2) is 9.80 Å². The predicted molar refractivity (Wildman–Crippen MR) is 111 cm³/mol. The third-order valence-electron chi connectivity index (χ3n) is 4.26. The summed E-state index contributed by atoms with van der Waals surface area (Å²) in [5, 5.41) is 6.86. The summed E-state index contributed by atoms with van der Waals surface area (Å²) >= 11 is 2.78. The van der Waals surface area contributed by atoms with Gasteiger partial charge in [-0.1, -0.05) is 43.3 Å². The first-order valence-corrected chi connectivity index (χ1v) is 10.5. The van der Waals surface area contributed by atoms with Crippen LogP contribution >= 0.6 is 23.5 Å². The van der Waals surface area contributed by atoms with Gasteiger partial charge < -0.3 is 9.64 Å². The van der Waals surface area contributed by atoms with Gasteiger partial charge in [0.05, 0.1) is 12.3 Å². The van der Waals surface area contributed by atoms with Gasteiger partial charge in [-0.05, 0) is 37.2 Å². The quantitative estimate of drug-likeness (QED) is 0.663. The lowest BCUT2D eigenvalue weighted by molar-refractivity contribution is -0.137. The molecule has 6 nitrogen and oxygen atoms in total. The molecule has 2 aliphatic heterocycles. The number of carbonyl (C=O) groups excluding carboxylic acids is 2. The SMILES string of the molecule is CCCC1=C(C(=O)OCC)S[C@@]2(SC(C(C)=O)=NN2c2ccccc2)N1C. The van der Waals surface area contributed by atoms with Crippen LogP contribution in [-0.2, 0) is 14.3 Å². The highest BCUT2D eigenvalue weighted by Gasteiger charge is 2.56. The first-order valence-electron chi connectivity index (χ1n) is 8.91. The van der Waals surface area contributed by atoms with Crippen LogP contribution in [0.1, 0.15) is 33.6 Å². The molecule has 1 aromatic rings. The lowest BCUT2D eigenvalue weighted by Gasteiger charge is -2.39. The van der Waals surface area contributed by atoms with E-state index in [-0.39, 0.29) is 11.8 Å². The van der Waals surface area contributed by atoms with Gasteiger partial charge in [0, 0.05) is 19.7 Å². The zero-order valence-electron chi connectivity index (χ0n) is 15.9. The van der Waals surface area contributed by atoms with E-state index >= 15 is 0 Å². The number of benzene rings is 1. The van der Waals surface area contributed by atoms with Gasteiger partial charge in [-0.15, -0.1) is 0 Å². The maximum absolute atomic E-state index is 12.6. The van der Waals surface area contributed by atoms with Gasteiger partial charge >= 0.3 is 5.97 Å². The number of nitrogens with zero attached hydrogens (tertiary/aromatic N) is 3. The van der Waals surface area contributed by atoms with Crippen LogP contribution in [0.2, 0.25) is 0 Å². The van der Waals surface area contributed by atoms with E-state index in [1.165, 1.54) is 30.4 Å². The smallest absolute Gasteiger partial charge is 0.346 e. The maximum atomic E-state index is 12.6. The number of allylic oxidation sites excluding steroid dienone is 1. The van der Waals surface area contributed by atoms with Crippen molar-refractivity contribution >= 4 is 46.0 Å². The Kier molecular flexibility index (Phi) is 5.86. The molecule has 0 amide bonds. The Morgan fingerprint density at radius 3 is 2.48 bits per heavy atom. The number of carbonyl (C=O) groups is 2. The lowest BCUT2D eigenvalue weighted by atomic mass is 10.2. The maximum Gasteiger partial charge on any atom is 0.346 e. The summed E-state index contributed by atoms with van der Waals surface area (Å²) < 4.78 is 4.54. The molecular weight excluding hydrogens is 382 g/mol. The Morgan fingerprint density at radius 1 is 1.19 bits per heavy atom. The van der Waals surface area contributed by atoms with E-state index in [1.54, 1.807) is 6.92 Å². The van der Waals surface area contributed by atoms with Gasteiger partial charge in [0.1, 0.15) is 4.91 Å². The molecule has 0 saturated carbocycles. The van der Waals surface area contributed by atoms with Crippen LogP contribution in [0.15, 0.2) is 46.0 Å². The van der Waals surface area contributed by atoms with E-state index in [2.05, 4.69) is 16.9 Å². The molecule has 0 aliphatic carbocycles. The molecule has 0 fully saturated rings. The summed E-state index contributed by atoms with van der Waals surface area (Å²) in [7, 11) is 1.95. The molecule has 3 rings (SSSR count). The molecule has 27 heavy (non-hydrogen) atoms. The second-order valence-electron chi connectivity index (χ2n) is 6.17. The monoisotopic (exact) mass is 405 g/mol. The van der Waals surface area contributed by atoms with Crippen LogP contribution in [0.3, 0.4) is 0 Å². The van der Waals surface area contributed by atoms with Crippen molar-refractivity contribution < 1.29 is 14.3 Å². The number of para-hydroxylation sites is 1. The summed E-state index contributed by atoms with van der Waals surface area (Å²) in [6, 6.07) is 9.70. The van der Waals surface area contributed by atoms with E-state index in [4.69, 9.17) is 4.74 Å². The number of esters is 1. The minimum Gasteiger partial charge on any atom is -0.462 e. The summed E-state index contributed by atoms with van der Waals surface area (Å²) in [6.45, 7) is 5.71. The van der Waals surface area contributed by atoms with Crippen molar-refractivity contribution in [3.63, 3.8) is 0 Å². The fraction of sp³-hybridized carbons (Fsp3) is 0.421. The second-order valence-corrected chi connectivity index (χ2v) is 8.77. The van der Waals surface area contributed by atoms with Crippen molar-refractivity contribution in [2.45, 2.75) is 37.9 Å². The first-order chi connectivity index (χ1) is 12.9. The highest BCUT2D eigenvalue weighted by atomic mass is 32.2. The molecule has 2 heterocycles. The Balaban J connectivity index is 2.06. The molecule has 0 bridgehead atoms. The molecule has 0 radical (unpaired) electrons. The Morgan fingerprint density at radius 2 is 1.89 bits per heavy atom. The number of ether oxygens (including phenoxy) is 1. The molecule has 2 aliphatic rings. The third kappa shape index (κ3) is 3.48. The van der Waals surface area contributed by atoms with Crippen LogP contribution in [0.5, 0.6) is 0 Å². The molecular formula is C19H23N3O3S2. The molecule has 1 spiro atoms. The number of ketones is 1. The van der Waals surface area contributed by atoms with Crippen molar-refractivity contribution in [2.24, 2.45) is 5.10 Å². The topological polar surface area (TPSA) is 62.2 Å². The third-order valence-corrected chi connectivity index (χ3v) is 7.36. The van der Waals surface area contributed by atoms with Gasteiger partial charge in [-0.2, -0.15) is 5.10 Å².